The number of aryl methyl sites for hydroxylation is 11. The molecule has 9 rings (SSSR count). The Bertz CT molecular complexity index is 4990. The van der Waals surface area contributed by atoms with Crippen molar-refractivity contribution >= 4 is 28.4 Å². The molecule has 19 nitrogen and oxygen atoms in total. The smallest absolute Gasteiger partial charge is 0.391 e. The number of diazo groups is 5. The molecule has 0 fully saturated rings. The Hall–Kier alpha value is -11.7. The molecular formula is C105H143N10O9+5. The Balaban J connectivity index is 0.000000282. The maximum absolute atomic E-state index is 9.09. The fourth-order valence-electron chi connectivity index (χ4n) is 14.9. The maximum atomic E-state index is 9.09. The normalized spacial score (nSPS) is 11.4. The number of hydrogen-bond acceptors (Lipinski definition) is 14. The van der Waals surface area contributed by atoms with E-state index in [-0.39, 0.29) is 33.2 Å². The SMILES string of the molecule is CCC(C)(C)c1ccc(OCCOc2cc(C)c([N+]#N)c(C)c2)c(C(C)(C)CC)c1.COc1ccc(OCCCCCCCCCCOc2cc(C)c([N+]#N)c(C)c2)cc1.Cc1cc(C)c([N+]#N)c(C)c1.Cc1cc(OC(C)COc2ccc(C(C)(C)CC(C)(C)C)cc2)cc(C)c1[N+]#N.Cc1cc(OCCOc2ccc(C(C)(C)C)cc2)cc(C)c1[N+]#N. The molecule has 9 aromatic carbocycles. The molecule has 0 saturated heterocycles. The molecule has 1 atom stereocenters. The van der Waals surface area contributed by atoms with Gasteiger partial charge in [-0.25, -0.2) is 0 Å². The van der Waals surface area contributed by atoms with Crippen LogP contribution in [0.15, 0.2) is 152 Å². The molecule has 0 aliphatic carbocycles. The third-order valence-corrected chi connectivity index (χ3v) is 22.3. The summed E-state index contributed by atoms with van der Waals surface area (Å²) in [5.41, 5.74) is 19.4. The van der Waals surface area contributed by atoms with Crippen molar-refractivity contribution in [3.8, 4) is 51.7 Å². The van der Waals surface area contributed by atoms with Gasteiger partial charge in [-0.3, -0.25) is 0 Å². The molecule has 9 aromatic rings. The van der Waals surface area contributed by atoms with E-state index in [1.165, 1.54) is 66.3 Å². The highest BCUT2D eigenvalue weighted by Gasteiger charge is 2.30. The Labute approximate surface area is 742 Å². The van der Waals surface area contributed by atoms with Crippen LogP contribution in [0.4, 0.5) is 28.4 Å². The van der Waals surface area contributed by atoms with Crippen molar-refractivity contribution in [2.45, 2.75) is 278 Å². The number of benzene rings is 9. The van der Waals surface area contributed by atoms with Crippen molar-refractivity contribution in [3.05, 3.63) is 260 Å². The summed E-state index contributed by atoms with van der Waals surface area (Å²) in [6.07, 6.45) is 12.8. The van der Waals surface area contributed by atoms with Crippen molar-refractivity contribution < 1.29 is 42.6 Å². The van der Waals surface area contributed by atoms with Crippen molar-refractivity contribution in [2.24, 2.45) is 5.41 Å². The lowest BCUT2D eigenvalue weighted by Gasteiger charge is -2.33. The standard InChI is InChI=1S/C26H37N2O2.C25H35N2O3.C25H35N2O2.C20H25N2O2.C9H11N2/c1-9-25(5,6)20-11-12-23(22(17-20)26(7,8)10-2)30-14-13-29-21-15-18(3)24(28-27)19(4)16-21;1-20-18-24(19-21(2)25(20)27-26)30-17-11-9-7-5-4-6-8-10-16-29-23-14-12-22(28-3)13-15-23;1-17-13-22(14-18(2)23(17)27-26)29-19(3)15-28-21-11-9-20(10-12-21)25(7,8)16-24(4,5)6;1-14-12-18(13-15(2)19(14)22-21)24-11-10-23-17-8-6-16(7-9-17)20(3,4)5;1-6-4-7(2)9(11-10)8(3)5-6/h11-12,15-17H,9-10,13-14H2,1-8H3;12-15,18-19H,4-11,16-17H2,1-3H3;9-14,19H,15-16H2,1-8H3;6-9,12-13H,10-11H2,1-5H3;4-5H,1-3H3/q5*+1. The molecule has 0 aromatic heterocycles. The lowest BCUT2D eigenvalue weighted by Crippen LogP contribution is -2.24. The zero-order chi connectivity index (χ0) is 92.1. The summed E-state index contributed by atoms with van der Waals surface area (Å²) < 4.78 is 52.1. The third-order valence-electron chi connectivity index (χ3n) is 22.3. The average Bonchev–Trinajstić information content (AvgIpc) is 0.790. The topological polar surface area (TPSA) is 224 Å². The molecule has 0 N–H and O–H groups in total. The number of hydrogen-bond donors (Lipinski definition) is 0. The van der Waals surface area contributed by atoms with E-state index >= 15 is 0 Å². The van der Waals surface area contributed by atoms with Crippen LogP contribution in [-0.2, 0) is 21.7 Å². The number of nitrogens with zero attached hydrogens (tertiary/aromatic N) is 10. The summed E-state index contributed by atoms with van der Waals surface area (Å²) in [7, 11) is 1.67. The number of ether oxygens (including phenoxy) is 9. The van der Waals surface area contributed by atoms with Gasteiger partial charge in [-0.05, 0) is 274 Å². The minimum atomic E-state index is -0.109. The van der Waals surface area contributed by atoms with Crippen LogP contribution in [0.2, 0.25) is 0 Å². The quantitative estimate of drug-likeness (QED) is 0.0266. The lowest BCUT2D eigenvalue weighted by atomic mass is 9.72. The van der Waals surface area contributed by atoms with Gasteiger partial charge >= 0.3 is 28.4 Å². The molecule has 19 heteroatoms. The van der Waals surface area contributed by atoms with Crippen LogP contribution in [0.25, 0.3) is 24.9 Å². The second-order valence-electron chi connectivity index (χ2n) is 36.8. The first kappa shape index (κ1) is 103. The summed E-state index contributed by atoms with van der Waals surface area (Å²) in [6.45, 7) is 58.5. The van der Waals surface area contributed by atoms with Gasteiger partial charge in [0, 0.05) is 61.2 Å². The van der Waals surface area contributed by atoms with Gasteiger partial charge in [-0.1, -0.05) is 177 Å². The molecule has 0 saturated carbocycles. The first-order chi connectivity index (χ1) is 58.5. The van der Waals surface area contributed by atoms with Crippen LogP contribution in [0.3, 0.4) is 0 Å². The highest BCUT2D eigenvalue weighted by Crippen LogP contribution is 2.41. The van der Waals surface area contributed by atoms with Crippen molar-refractivity contribution in [1.29, 1.82) is 27.0 Å². The summed E-state index contributed by atoms with van der Waals surface area (Å²) in [4.78, 5) is 16.5. The molecule has 124 heavy (non-hydrogen) atoms. The van der Waals surface area contributed by atoms with E-state index < -0.39 is 0 Å². The predicted octanol–water partition coefficient (Wildman–Crippen LogP) is 31.0. The zero-order valence-corrected chi connectivity index (χ0v) is 79.9. The Morgan fingerprint density at radius 2 is 0.597 bits per heavy atom. The van der Waals surface area contributed by atoms with Crippen molar-refractivity contribution in [2.75, 3.05) is 53.4 Å². The molecule has 0 aliphatic heterocycles. The second-order valence-corrected chi connectivity index (χ2v) is 36.8. The number of rotatable bonds is 35. The van der Waals surface area contributed by atoms with Crippen LogP contribution in [0.1, 0.15) is 258 Å². The zero-order valence-electron chi connectivity index (χ0n) is 79.9. The lowest BCUT2D eigenvalue weighted by molar-refractivity contribution is 0.143. The van der Waals surface area contributed by atoms with Gasteiger partial charge in [-0.2, -0.15) is 0 Å². The predicted molar refractivity (Wildman–Crippen MR) is 508 cm³/mol. The van der Waals surface area contributed by atoms with Gasteiger partial charge in [0.05, 0.1) is 20.3 Å². The maximum Gasteiger partial charge on any atom is 0.391 e. The average molecular weight is 1690 g/mol. The largest absolute Gasteiger partial charge is 0.497 e. The van der Waals surface area contributed by atoms with Gasteiger partial charge in [0.2, 0.25) is 27.0 Å². The Kier molecular flexibility index (Phi) is 41.1. The van der Waals surface area contributed by atoms with E-state index in [4.69, 9.17) is 69.6 Å². The van der Waals surface area contributed by atoms with E-state index in [1.54, 1.807) is 7.11 Å². The van der Waals surface area contributed by atoms with Crippen LogP contribution in [0, 0.1) is 109 Å². The summed E-state index contributed by atoms with van der Waals surface area (Å²) >= 11 is 0. The fraction of sp³-hybridized carbons (Fsp3) is 0.486. The molecule has 0 amide bonds. The monoisotopic (exact) mass is 1690 g/mol. The van der Waals surface area contributed by atoms with Crippen LogP contribution in [-0.4, -0.2) is 59.5 Å². The van der Waals surface area contributed by atoms with E-state index in [0.717, 1.165) is 153 Å². The molecule has 1 unspecified atom stereocenters. The van der Waals surface area contributed by atoms with Crippen molar-refractivity contribution in [1.82, 2.24) is 0 Å². The molecule has 0 radical (unpaired) electrons. The Morgan fingerprint density at radius 1 is 0.298 bits per heavy atom. The van der Waals surface area contributed by atoms with E-state index in [2.05, 4.69) is 164 Å². The summed E-state index contributed by atoms with van der Waals surface area (Å²) in [5.74, 6) is 7.50. The van der Waals surface area contributed by atoms with Crippen LogP contribution < -0.4 is 42.6 Å². The molecular weight excluding hydrogens is 1550 g/mol. The first-order valence-electron chi connectivity index (χ1n) is 43.9. The first-order valence-corrected chi connectivity index (χ1v) is 43.9. The number of methoxy groups -OCH3 is 1. The van der Waals surface area contributed by atoms with Gasteiger partial charge < -0.3 is 42.6 Å². The van der Waals surface area contributed by atoms with Gasteiger partial charge in [-0.15, -0.1) is 0 Å². The molecule has 0 heterocycles. The highest BCUT2D eigenvalue weighted by molar-refractivity contribution is 5.63. The second kappa shape index (κ2) is 49.5. The Morgan fingerprint density at radius 3 is 0.952 bits per heavy atom. The molecule has 0 spiro atoms. The fourth-order valence-corrected chi connectivity index (χ4v) is 14.9. The van der Waals surface area contributed by atoms with Gasteiger partial charge in [0.1, 0.15) is 90.9 Å². The minimum Gasteiger partial charge on any atom is -0.497 e. The minimum absolute atomic E-state index is 0.0356. The molecule has 0 bridgehead atoms. The summed E-state index contributed by atoms with van der Waals surface area (Å²) in [6, 6.07) is 50.1. The summed E-state index contributed by atoms with van der Waals surface area (Å²) in [5, 5.41) is 44.7. The van der Waals surface area contributed by atoms with E-state index in [9.17, 15) is 0 Å². The van der Waals surface area contributed by atoms with E-state index in [1.807, 2.05) is 192 Å². The van der Waals surface area contributed by atoms with E-state index in [0.29, 0.717) is 61.5 Å². The van der Waals surface area contributed by atoms with Gasteiger partial charge in [0.15, 0.2) is 24.9 Å². The van der Waals surface area contributed by atoms with Crippen LogP contribution >= 0.6 is 0 Å². The molecule has 662 valence electrons. The van der Waals surface area contributed by atoms with Crippen LogP contribution in [0.5, 0.6) is 51.7 Å². The third kappa shape index (κ3) is 33.8. The molecule has 0 aliphatic rings. The highest BCUT2D eigenvalue weighted by atomic mass is 16.5. The number of unbranched alkanes of at least 4 members (excludes halogenated alkanes) is 7. The van der Waals surface area contributed by atoms with Crippen molar-refractivity contribution in [3.63, 3.8) is 0 Å². The van der Waals surface area contributed by atoms with Gasteiger partial charge in [0.25, 0.3) is 0 Å².